The average Bonchev–Trinajstić information content (AvgIpc) is 3.10. The van der Waals surface area contributed by atoms with Gasteiger partial charge in [0.15, 0.2) is 23.0 Å². The van der Waals surface area contributed by atoms with Crippen molar-refractivity contribution in [3.63, 3.8) is 0 Å². The van der Waals surface area contributed by atoms with Gasteiger partial charge < -0.3 is 19.3 Å². The van der Waals surface area contributed by atoms with E-state index in [1.54, 1.807) is 12.2 Å². The molecule has 4 aliphatic rings. The van der Waals surface area contributed by atoms with Gasteiger partial charge in [-0.15, -0.1) is 0 Å². The molecular formula is C28H38O7S. The van der Waals surface area contributed by atoms with E-state index in [0.29, 0.717) is 30.7 Å². The zero-order chi connectivity index (χ0) is 26.5. The molecule has 8 heteroatoms. The number of thiocarbonyl (C=S) groups is 1. The number of hydrogen-bond donors (Lipinski definition) is 1. The molecule has 0 bridgehead atoms. The number of hydrogen-bond acceptors (Lipinski definition) is 8. The lowest BCUT2D eigenvalue weighted by atomic mass is 9.44. The van der Waals surface area contributed by atoms with Crippen molar-refractivity contribution in [1.29, 1.82) is 0 Å². The third kappa shape index (κ3) is 4.09. The number of esters is 1. The Balaban J connectivity index is 1.73. The molecular weight excluding hydrogens is 480 g/mol. The Morgan fingerprint density at radius 1 is 1.25 bits per heavy atom. The first-order valence-electron chi connectivity index (χ1n) is 13.0. The highest BCUT2D eigenvalue weighted by Crippen LogP contribution is 2.68. The Bertz CT molecular complexity index is 1020. The number of aliphatic hydroxyl groups is 1. The van der Waals surface area contributed by atoms with Crippen LogP contribution < -0.4 is 0 Å². The predicted octanol–water partition coefficient (Wildman–Crippen LogP) is 3.76. The van der Waals surface area contributed by atoms with Gasteiger partial charge in [-0.2, -0.15) is 0 Å². The minimum absolute atomic E-state index is 0.0107. The minimum Gasteiger partial charge on any atom is -0.479 e. The van der Waals surface area contributed by atoms with E-state index in [-0.39, 0.29) is 48.5 Å². The Morgan fingerprint density at radius 2 is 1.97 bits per heavy atom. The van der Waals surface area contributed by atoms with Gasteiger partial charge in [0.1, 0.15) is 6.61 Å². The lowest BCUT2D eigenvalue weighted by molar-refractivity contribution is -0.203. The monoisotopic (exact) mass is 518 g/mol. The van der Waals surface area contributed by atoms with E-state index in [9.17, 15) is 19.5 Å². The molecule has 0 unspecified atom stereocenters. The zero-order valence-corrected chi connectivity index (χ0v) is 22.7. The van der Waals surface area contributed by atoms with Crippen LogP contribution in [0.3, 0.4) is 0 Å². The average molecular weight is 519 g/mol. The molecule has 7 nitrogen and oxygen atoms in total. The molecule has 36 heavy (non-hydrogen) atoms. The molecule has 198 valence electrons. The van der Waals surface area contributed by atoms with Gasteiger partial charge in [-0.1, -0.05) is 39.3 Å². The zero-order valence-electron chi connectivity index (χ0n) is 21.9. The van der Waals surface area contributed by atoms with Gasteiger partial charge in [0.2, 0.25) is 5.78 Å². The van der Waals surface area contributed by atoms with Gasteiger partial charge in [0.25, 0.3) is 0 Å². The summed E-state index contributed by atoms with van der Waals surface area (Å²) in [7, 11) is 1.41. The highest BCUT2D eigenvalue weighted by Gasteiger charge is 2.70. The minimum atomic E-state index is -1.43. The largest absolute Gasteiger partial charge is 0.479 e. The van der Waals surface area contributed by atoms with Crippen LogP contribution in [0.25, 0.3) is 0 Å². The lowest BCUT2D eigenvalue weighted by Gasteiger charge is -2.61. The van der Waals surface area contributed by atoms with Crippen molar-refractivity contribution >= 4 is 34.8 Å². The SMILES string of the molecule is CCC(=S)OCC(=O)[C@@]1(OC(=O)COC)CC[C@H]2[C@@H]3C[C@H](C)C4=CC(=O)C=C[C@]4(C)[C@H]3[C@@H](O)C[C@@]21C. The van der Waals surface area contributed by atoms with Crippen molar-refractivity contribution in [2.24, 2.45) is 34.5 Å². The Labute approximate surface area is 218 Å². The van der Waals surface area contributed by atoms with Crippen LogP contribution in [0.4, 0.5) is 0 Å². The molecule has 0 heterocycles. The van der Waals surface area contributed by atoms with Crippen molar-refractivity contribution in [3.05, 3.63) is 23.8 Å². The van der Waals surface area contributed by atoms with Crippen LogP contribution in [0.2, 0.25) is 0 Å². The summed E-state index contributed by atoms with van der Waals surface area (Å²) >= 11 is 5.16. The summed E-state index contributed by atoms with van der Waals surface area (Å²) in [6.45, 7) is 7.56. The second kappa shape index (κ2) is 9.76. The van der Waals surface area contributed by atoms with E-state index in [4.69, 9.17) is 26.4 Å². The van der Waals surface area contributed by atoms with Crippen molar-refractivity contribution in [2.45, 2.75) is 71.5 Å². The van der Waals surface area contributed by atoms with Crippen LogP contribution in [0.5, 0.6) is 0 Å². The standard InChI is InChI=1S/C28H38O7S/c1-6-24(36)34-14-22(31)28(35-23(32)15-33-5)10-8-19-18-11-16(2)20-12-17(29)7-9-26(20,3)25(18)21(30)13-27(19,28)4/h7,9,12,16,18-19,21,25,30H,6,8,10-11,13-15H2,1-5H3/t16-,18-,19-,21-,25+,26-,27-,28-/m0/s1. The van der Waals surface area contributed by atoms with E-state index < -0.39 is 28.5 Å². The van der Waals surface area contributed by atoms with Crippen molar-refractivity contribution in [3.8, 4) is 0 Å². The maximum absolute atomic E-state index is 13.8. The first kappa shape index (κ1) is 27.1. The van der Waals surface area contributed by atoms with Gasteiger partial charge in [-0.05, 0) is 67.8 Å². The van der Waals surface area contributed by atoms with Gasteiger partial charge in [0.05, 0.1) is 6.10 Å². The second-order valence-electron chi connectivity index (χ2n) is 11.5. The number of allylic oxidation sites excluding steroid dienone is 4. The quantitative estimate of drug-likeness (QED) is 0.402. The molecule has 0 radical (unpaired) electrons. The maximum atomic E-state index is 13.8. The van der Waals surface area contributed by atoms with Gasteiger partial charge in [0, 0.05) is 30.3 Å². The van der Waals surface area contributed by atoms with Crippen molar-refractivity contribution in [1.82, 2.24) is 0 Å². The summed E-state index contributed by atoms with van der Waals surface area (Å²) in [4.78, 5) is 38.7. The molecule has 3 saturated carbocycles. The van der Waals surface area contributed by atoms with E-state index >= 15 is 0 Å². The number of ketones is 2. The molecule has 3 fully saturated rings. The molecule has 0 spiro atoms. The molecule has 0 amide bonds. The molecule has 4 rings (SSSR count). The number of carbonyl (C=O) groups excluding carboxylic acids is 3. The highest BCUT2D eigenvalue weighted by molar-refractivity contribution is 7.80. The number of rotatable bonds is 7. The first-order valence-corrected chi connectivity index (χ1v) is 13.4. The van der Waals surface area contributed by atoms with E-state index in [1.165, 1.54) is 7.11 Å². The van der Waals surface area contributed by atoms with Crippen LogP contribution in [-0.2, 0) is 28.6 Å². The topological polar surface area (TPSA) is 99.1 Å². The Morgan fingerprint density at radius 3 is 2.64 bits per heavy atom. The number of ether oxygens (including phenoxy) is 3. The van der Waals surface area contributed by atoms with Crippen LogP contribution in [0.15, 0.2) is 23.8 Å². The summed E-state index contributed by atoms with van der Waals surface area (Å²) in [5.74, 6) is -0.720. The molecule has 0 aromatic heterocycles. The van der Waals surface area contributed by atoms with E-state index in [0.717, 1.165) is 12.0 Å². The molecule has 0 aromatic carbocycles. The summed E-state index contributed by atoms with van der Waals surface area (Å²) in [6.07, 6.45) is 7.26. The van der Waals surface area contributed by atoms with E-state index in [2.05, 4.69) is 13.8 Å². The van der Waals surface area contributed by atoms with Crippen LogP contribution in [0.1, 0.15) is 59.8 Å². The van der Waals surface area contributed by atoms with Gasteiger partial charge >= 0.3 is 5.97 Å². The fraction of sp³-hybridized carbons (Fsp3) is 0.714. The summed E-state index contributed by atoms with van der Waals surface area (Å²) in [6, 6.07) is 0. The molecule has 0 aromatic rings. The lowest BCUT2D eigenvalue weighted by Crippen LogP contribution is -2.63. The summed E-state index contributed by atoms with van der Waals surface area (Å²) in [5, 5.41) is 12.0. The normalized spacial score (nSPS) is 41.0. The molecule has 0 saturated heterocycles. The number of methoxy groups -OCH3 is 1. The molecule has 8 atom stereocenters. The number of fused-ring (bicyclic) bond motifs is 5. The van der Waals surface area contributed by atoms with Crippen LogP contribution in [-0.4, -0.2) is 59.7 Å². The molecule has 4 aliphatic carbocycles. The van der Waals surface area contributed by atoms with Gasteiger partial charge in [-0.3, -0.25) is 9.59 Å². The van der Waals surface area contributed by atoms with Crippen molar-refractivity contribution < 1.29 is 33.7 Å². The fourth-order valence-corrected chi connectivity index (χ4v) is 8.19. The highest BCUT2D eigenvalue weighted by atomic mass is 32.1. The Kier molecular flexibility index (Phi) is 7.36. The third-order valence-corrected chi connectivity index (χ3v) is 10.00. The van der Waals surface area contributed by atoms with Gasteiger partial charge in [-0.25, -0.2) is 4.79 Å². The van der Waals surface area contributed by atoms with Crippen LogP contribution in [0, 0.1) is 34.5 Å². The van der Waals surface area contributed by atoms with Crippen molar-refractivity contribution in [2.75, 3.05) is 20.3 Å². The van der Waals surface area contributed by atoms with E-state index in [1.807, 2.05) is 19.9 Å². The number of aliphatic hydroxyl groups excluding tert-OH is 1. The molecule has 0 aliphatic heterocycles. The summed E-state index contributed by atoms with van der Waals surface area (Å²) in [5.41, 5.74) is -1.57. The number of Topliss-reactive ketones (excluding diaryl/α,β-unsaturated/α-hetero) is 1. The van der Waals surface area contributed by atoms with Crippen LogP contribution >= 0.6 is 12.2 Å². The first-order chi connectivity index (χ1) is 16.9. The smallest absolute Gasteiger partial charge is 0.333 e. The number of carbonyl (C=O) groups is 3. The third-order valence-electron chi connectivity index (χ3n) is 9.59. The maximum Gasteiger partial charge on any atom is 0.333 e. The fourth-order valence-electron chi connectivity index (χ4n) is 8.13. The predicted molar refractivity (Wildman–Crippen MR) is 137 cm³/mol. The summed E-state index contributed by atoms with van der Waals surface area (Å²) < 4.78 is 16.6. The molecule has 1 N–H and O–H groups in total. The Hall–Kier alpha value is -1.90. The second-order valence-corrected chi connectivity index (χ2v) is 11.9.